The van der Waals surface area contributed by atoms with Crippen LogP contribution in [0.5, 0.6) is 0 Å². The third-order valence-corrected chi connectivity index (χ3v) is 5.85. The minimum atomic E-state index is -0.773. The van der Waals surface area contributed by atoms with Crippen LogP contribution in [0.1, 0.15) is 50.4 Å². The number of ether oxygens (including phenoxy) is 1. The summed E-state index contributed by atoms with van der Waals surface area (Å²) >= 11 is 6.60. The maximum Gasteiger partial charge on any atom is 0.407 e. The van der Waals surface area contributed by atoms with Crippen LogP contribution in [0.3, 0.4) is 0 Å². The first-order chi connectivity index (χ1) is 14.5. The largest absolute Gasteiger partial charge is 0.444 e. The first-order valence-corrected chi connectivity index (χ1v) is 10.8. The molecular weight excluding hydrogens is 427 g/mol. The Balaban J connectivity index is 1.52. The molecule has 167 valence electrons. The monoisotopic (exact) mass is 451 g/mol. The average molecular weight is 452 g/mol. The fourth-order valence-electron chi connectivity index (χ4n) is 4.00. The zero-order valence-corrected chi connectivity index (χ0v) is 18.5. The van der Waals surface area contributed by atoms with Gasteiger partial charge >= 0.3 is 12.1 Å². The number of rotatable bonds is 4. The van der Waals surface area contributed by atoms with Gasteiger partial charge in [-0.1, -0.05) is 11.6 Å². The van der Waals surface area contributed by atoms with E-state index in [1.807, 2.05) is 0 Å². The average Bonchev–Trinajstić information content (AvgIpc) is 3.38. The fourth-order valence-corrected chi connectivity index (χ4v) is 4.40. The molecule has 2 heterocycles. The number of amides is 4. The summed E-state index contributed by atoms with van der Waals surface area (Å²) in [5.74, 6) is -1.32. The molecular formula is C21H25ClFN4O4. The maximum absolute atomic E-state index is 15.0. The summed E-state index contributed by atoms with van der Waals surface area (Å²) in [6, 6.07) is 0.403. The van der Waals surface area contributed by atoms with Crippen molar-refractivity contribution in [3.8, 4) is 0 Å². The molecule has 1 unspecified atom stereocenters. The molecule has 10 heteroatoms. The van der Waals surface area contributed by atoms with Crippen LogP contribution >= 0.6 is 11.6 Å². The van der Waals surface area contributed by atoms with Gasteiger partial charge in [0.1, 0.15) is 11.4 Å². The van der Waals surface area contributed by atoms with Gasteiger partial charge < -0.3 is 15.0 Å². The summed E-state index contributed by atoms with van der Waals surface area (Å²) in [4.78, 5) is 39.7. The van der Waals surface area contributed by atoms with Gasteiger partial charge in [0.15, 0.2) is 0 Å². The van der Waals surface area contributed by atoms with E-state index in [2.05, 4.69) is 10.6 Å². The lowest BCUT2D eigenvalue weighted by molar-refractivity contribution is 0.0520. The van der Waals surface area contributed by atoms with E-state index in [9.17, 15) is 14.4 Å². The Bertz CT molecular complexity index is 944. The van der Waals surface area contributed by atoms with E-state index in [1.165, 1.54) is 4.90 Å². The van der Waals surface area contributed by atoms with Crippen molar-refractivity contribution in [2.45, 2.75) is 51.7 Å². The number of carbonyl (C=O) groups is 3. The van der Waals surface area contributed by atoms with Gasteiger partial charge in [0.05, 0.1) is 22.0 Å². The first-order valence-electron chi connectivity index (χ1n) is 10.4. The number of hydrogen-bond donors (Lipinski definition) is 1. The number of benzene rings is 1. The Morgan fingerprint density at radius 1 is 1.29 bits per heavy atom. The predicted octanol–water partition coefficient (Wildman–Crippen LogP) is 3.68. The molecule has 0 spiro atoms. The van der Waals surface area contributed by atoms with Crippen LogP contribution < -0.4 is 20.4 Å². The summed E-state index contributed by atoms with van der Waals surface area (Å²) in [6.07, 6.45) is 1.81. The number of fused-ring (bicyclic) bond motifs is 1. The van der Waals surface area contributed by atoms with Crippen LogP contribution in [0.4, 0.5) is 25.4 Å². The van der Waals surface area contributed by atoms with Crippen LogP contribution in [0.2, 0.25) is 5.02 Å². The summed E-state index contributed by atoms with van der Waals surface area (Å²) in [6.45, 7) is 6.77. The van der Waals surface area contributed by atoms with Crippen molar-refractivity contribution in [3.05, 3.63) is 22.5 Å². The number of urea groups is 1. The molecule has 2 fully saturated rings. The summed E-state index contributed by atoms with van der Waals surface area (Å²) in [5.41, 5.74) is -0.144. The van der Waals surface area contributed by atoms with Crippen molar-refractivity contribution in [1.29, 1.82) is 0 Å². The number of hydrogen-bond acceptors (Lipinski definition) is 5. The molecule has 1 saturated heterocycles. The van der Waals surface area contributed by atoms with Crippen LogP contribution in [0.15, 0.2) is 6.07 Å². The fraction of sp³-hybridized carbons (Fsp3) is 0.571. The highest BCUT2D eigenvalue weighted by Crippen LogP contribution is 2.46. The molecule has 4 rings (SSSR count). The summed E-state index contributed by atoms with van der Waals surface area (Å²) in [7, 11) is 0. The number of carbonyl (C=O) groups excluding carboxylic acids is 3. The maximum atomic E-state index is 15.0. The second-order valence-corrected chi connectivity index (χ2v) is 9.58. The van der Waals surface area contributed by atoms with E-state index in [-0.39, 0.29) is 33.9 Å². The van der Waals surface area contributed by atoms with Crippen molar-refractivity contribution in [2.75, 3.05) is 29.4 Å². The van der Waals surface area contributed by atoms with Crippen molar-refractivity contribution in [1.82, 2.24) is 10.6 Å². The first kappa shape index (κ1) is 21.7. The van der Waals surface area contributed by atoms with E-state index in [0.29, 0.717) is 19.6 Å². The van der Waals surface area contributed by atoms with Crippen LogP contribution in [0.25, 0.3) is 0 Å². The topological polar surface area (TPSA) is 93.1 Å². The van der Waals surface area contributed by atoms with Crippen molar-refractivity contribution in [3.63, 3.8) is 0 Å². The van der Waals surface area contributed by atoms with Gasteiger partial charge in [-0.05, 0) is 52.0 Å². The number of nitrogens with zero attached hydrogens (tertiary/aromatic N) is 3. The normalized spacial score (nSPS) is 21.1. The molecule has 31 heavy (non-hydrogen) atoms. The Labute approximate surface area is 185 Å². The third kappa shape index (κ3) is 4.42. The molecule has 4 amide bonds. The van der Waals surface area contributed by atoms with Gasteiger partial charge in [0.25, 0.3) is 5.91 Å². The number of anilines is 2. The van der Waals surface area contributed by atoms with Crippen molar-refractivity contribution in [2.24, 2.45) is 5.92 Å². The Morgan fingerprint density at radius 3 is 2.65 bits per heavy atom. The van der Waals surface area contributed by atoms with E-state index in [0.717, 1.165) is 25.3 Å². The molecule has 8 nitrogen and oxygen atoms in total. The lowest BCUT2D eigenvalue weighted by Gasteiger charge is -2.31. The minimum Gasteiger partial charge on any atom is -0.444 e. The van der Waals surface area contributed by atoms with Gasteiger partial charge in [0.2, 0.25) is 0 Å². The van der Waals surface area contributed by atoms with Gasteiger partial charge in [-0.25, -0.2) is 14.0 Å². The Kier molecular flexibility index (Phi) is 5.49. The number of imide groups is 1. The molecule has 0 bridgehead atoms. The standard InChI is InChI=1S/C21H25ClFN4O4/c1-21(2,3)31-20(30)24-9-11-6-7-26(10-11)17-14(23)8-13-16(15(17)22)27(12-4-5-12)19(29)25-18(13)28/h8,11-12H,4-7,9-10H2,1-3H3,(H,24,30). The van der Waals surface area contributed by atoms with Gasteiger partial charge in [-0.15, -0.1) is 0 Å². The van der Waals surface area contributed by atoms with Crippen LogP contribution in [-0.4, -0.2) is 49.3 Å². The highest BCUT2D eigenvalue weighted by molar-refractivity contribution is 6.38. The quantitative estimate of drug-likeness (QED) is 0.753. The molecule has 1 aromatic carbocycles. The molecule has 1 radical (unpaired) electrons. The summed E-state index contributed by atoms with van der Waals surface area (Å²) < 4.78 is 20.3. The van der Waals surface area contributed by atoms with Crippen LogP contribution in [0, 0.1) is 11.7 Å². The van der Waals surface area contributed by atoms with Gasteiger partial charge in [0, 0.05) is 25.7 Å². The number of halogens is 2. The van der Waals surface area contributed by atoms with Crippen molar-refractivity contribution >= 4 is 41.0 Å². The Morgan fingerprint density at radius 2 is 2.00 bits per heavy atom. The minimum absolute atomic E-state index is 0.0140. The molecule has 0 aromatic heterocycles. The highest BCUT2D eigenvalue weighted by Gasteiger charge is 2.43. The molecule has 1 aromatic rings. The second-order valence-electron chi connectivity index (χ2n) is 9.20. The Hall–Kier alpha value is -2.55. The van der Waals surface area contributed by atoms with E-state index >= 15 is 4.39 Å². The van der Waals surface area contributed by atoms with E-state index in [1.54, 1.807) is 25.7 Å². The van der Waals surface area contributed by atoms with Gasteiger partial charge in [-0.2, -0.15) is 5.32 Å². The van der Waals surface area contributed by atoms with Gasteiger partial charge in [-0.3, -0.25) is 9.69 Å². The lowest BCUT2D eigenvalue weighted by Crippen LogP contribution is -2.45. The zero-order valence-electron chi connectivity index (χ0n) is 17.7. The molecule has 1 atom stereocenters. The lowest BCUT2D eigenvalue weighted by atomic mass is 10.1. The SMILES string of the molecule is CC(C)(C)OC(=O)NCC1CCN(c2c(F)cc3c(c2Cl)N(C2CC2)C(=O)[N]C3=O)C1. The van der Waals surface area contributed by atoms with Crippen LogP contribution in [-0.2, 0) is 4.74 Å². The number of nitrogens with one attached hydrogen (secondary N) is 1. The summed E-state index contributed by atoms with van der Waals surface area (Å²) in [5, 5.41) is 6.32. The number of alkyl carbamates (subject to hydrolysis) is 1. The molecule has 3 aliphatic rings. The molecule has 2 aliphatic heterocycles. The predicted molar refractivity (Wildman–Crippen MR) is 113 cm³/mol. The third-order valence-electron chi connectivity index (χ3n) is 5.49. The molecule has 1 aliphatic carbocycles. The van der Waals surface area contributed by atoms with E-state index < -0.39 is 29.4 Å². The second kappa shape index (κ2) is 7.85. The van der Waals surface area contributed by atoms with E-state index in [4.69, 9.17) is 16.3 Å². The molecule has 1 N–H and O–H groups in total. The highest BCUT2D eigenvalue weighted by atomic mass is 35.5. The van der Waals surface area contributed by atoms with Crippen molar-refractivity contribution < 1.29 is 23.5 Å². The molecule has 1 saturated carbocycles. The zero-order chi connectivity index (χ0) is 22.5. The smallest absolute Gasteiger partial charge is 0.407 e.